The van der Waals surface area contributed by atoms with Gasteiger partial charge in [-0.05, 0) is 73.2 Å². The van der Waals surface area contributed by atoms with Gasteiger partial charge in [0.2, 0.25) is 0 Å². The third kappa shape index (κ3) is 3.72. The van der Waals surface area contributed by atoms with Crippen molar-refractivity contribution in [3.8, 4) is 5.75 Å². The number of ether oxygens (including phenoxy) is 1. The number of hydrogen-bond acceptors (Lipinski definition) is 3. The van der Waals surface area contributed by atoms with Crippen LogP contribution in [-0.2, 0) is 4.79 Å². The zero-order valence-corrected chi connectivity index (χ0v) is 15.6. The van der Waals surface area contributed by atoms with E-state index in [0.717, 1.165) is 28.6 Å². The molecule has 1 aromatic rings. The van der Waals surface area contributed by atoms with E-state index >= 15 is 0 Å². The Morgan fingerprint density at radius 2 is 2.00 bits per heavy atom. The second-order valence-electron chi connectivity index (χ2n) is 6.91. The number of hydrogen-bond donors (Lipinski definition) is 1. The maximum absolute atomic E-state index is 12.7. The van der Waals surface area contributed by atoms with Crippen LogP contribution >= 0.6 is 15.9 Å². The number of nitrogens with one attached hydrogen (secondary N) is 1. The lowest BCUT2D eigenvalue weighted by Crippen LogP contribution is -2.51. The summed E-state index contributed by atoms with van der Waals surface area (Å²) in [5.41, 5.74) is 1.16. The number of carbonyl (C=O) groups excluding carboxylic acids is 1. The van der Waals surface area contributed by atoms with Gasteiger partial charge in [0.05, 0.1) is 4.47 Å². The highest BCUT2D eigenvalue weighted by Gasteiger charge is 2.37. The quantitative estimate of drug-likeness (QED) is 0.871. The summed E-state index contributed by atoms with van der Waals surface area (Å²) in [5, 5.41) is 3.62. The van der Waals surface area contributed by atoms with Crippen LogP contribution in [-0.4, -0.2) is 42.1 Å². The predicted octanol–water partition coefficient (Wildman–Crippen LogP) is 3.27. The van der Waals surface area contributed by atoms with E-state index < -0.39 is 6.10 Å². The number of likely N-dealkylation sites (N-methyl/N-ethyl adjacent to an activating group) is 1. The van der Waals surface area contributed by atoms with Gasteiger partial charge in [0.25, 0.3) is 5.91 Å². The smallest absolute Gasteiger partial charge is 0.263 e. The molecule has 1 aromatic carbocycles. The molecule has 3 unspecified atom stereocenters. The zero-order valence-electron chi connectivity index (χ0n) is 14.0. The highest BCUT2D eigenvalue weighted by atomic mass is 79.9. The van der Waals surface area contributed by atoms with Gasteiger partial charge in [0.15, 0.2) is 6.10 Å². The van der Waals surface area contributed by atoms with Crippen molar-refractivity contribution in [2.24, 2.45) is 0 Å². The van der Waals surface area contributed by atoms with Crippen LogP contribution in [0.25, 0.3) is 0 Å². The summed E-state index contributed by atoms with van der Waals surface area (Å²) in [6.07, 6.45) is 4.11. The van der Waals surface area contributed by atoms with E-state index in [0.29, 0.717) is 18.1 Å². The first kappa shape index (κ1) is 16.8. The Bertz CT molecular complexity index is 580. The number of rotatable bonds is 4. The Kier molecular flexibility index (Phi) is 4.97. The van der Waals surface area contributed by atoms with Gasteiger partial charge in [-0.15, -0.1) is 0 Å². The molecule has 0 saturated carbocycles. The molecule has 3 atom stereocenters. The molecule has 1 amide bonds. The lowest BCUT2D eigenvalue weighted by atomic mass is 9.98. The number of amides is 1. The Morgan fingerprint density at radius 3 is 2.61 bits per heavy atom. The summed E-state index contributed by atoms with van der Waals surface area (Å²) in [6.45, 7) is 3.86. The van der Waals surface area contributed by atoms with Gasteiger partial charge in [0, 0.05) is 25.2 Å². The maximum Gasteiger partial charge on any atom is 0.263 e. The molecular weight excluding hydrogens is 356 g/mol. The molecular formula is C18H25BrN2O2. The lowest BCUT2D eigenvalue weighted by molar-refractivity contribution is -0.139. The second kappa shape index (κ2) is 6.81. The van der Waals surface area contributed by atoms with E-state index in [-0.39, 0.29) is 5.91 Å². The average Bonchev–Trinajstić information content (AvgIpc) is 2.86. The highest BCUT2D eigenvalue weighted by molar-refractivity contribution is 9.10. The molecule has 126 valence electrons. The van der Waals surface area contributed by atoms with Crippen LogP contribution in [0.1, 0.15) is 38.2 Å². The molecule has 0 aliphatic carbocycles. The van der Waals surface area contributed by atoms with Crippen LogP contribution in [0.5, 0.6) is 5.75 Å². The van der Waals surface area contributed by atoms with Crippen molar-refractivity contribution in [2.45, 2.75) is 63.8 Å². The molecule has 2 heterocycles. The van der Waals surface area contributed by atoms with Crippen LogP contribution in [0, 0.1) is 6.92 Å². The third-order valence-corrected chi connectivity index (χ3v) is 5.70. The molecule has 2 aliphatic rings. The molecule has 0 spiro atoms. The Morgan fingerprint density at radius 1 is 1.35 bits per heavy atom. The molecule has 23 heavy (non-hydrogen) atoms. The van der Waals surface area contributed by atoms with Crippen molar-refractivity contribution in [1.29, 1.82) is 0 Å². The van der Waals surface area contributed by atoms with Crippen LogP contribution in [0.2, 0.25) is 0 Å². The van der Waals surface area contributed by atoms with Crippen molar-refractivity contribution in [3.63, 3.8) is 0 Å². The van der Waals surface area contributed by atoms with Crippen LogP contribution in [0.3, 0.4) is 0 Å². The fourth-order valence-electron chi connectivity index (χ4n) is 3.75. The largest absolute Gasteiger partial charge is 0.480 e. The van der Waals surface area contributed by atoms with Crippen LogP contribution < -0.4 is 10.1 Å². The standard InChI is InChI=1S/C18H25BrN2O2/c1-11-4-7-17(16(19)8-11)23-12(2)18(22)21(3)15-9-13-5-6-14(10-15)20-13/h4,7-8,12-15,20H,5-6,9-10H2,1-3H3. The Balaban J connectivity index is 1.62. The molecule has 2 aliphatic heterocycles. The average molecular weight is 381 g/mol. The van der Waals surface area contributed by atoms with Gasteiger partial charge in [-0.1, -0.05) is 6.07 Å². The first-order valence-corrected chi connectivity index (χ1v) is 9.19. The topological polar surface area (TPSA) is 41.6 Å². The number of fused-ring (bicyclic) bond motifs is 2. The van der Waals surface area contributed by atoms with Gasteiger partial charge >= 0.3 is 0 Å². The minimum absolute atomic E-state index is 0.0591. The SMILES string of the molecule is Cc1ccc(OC(C)C(=O)N(C)C2CC3CCC(C2)N3)c(Br)c1. The second-order valence-corrected chi connectivity index (χ2v) is 7.76. The van der Waals surface area contributed by atoms with E-state index in [2.05, 4.69) is 21.2 Å². The van der Waals surface area contributed by atoms with Gasteiger partial charge in [-0.25, -0.2) is 0 Å². The number of nitrogens with zero attached hydrogens (tertiary/aromatic N) is 1. The van der Waals surface area contributed by atoms with E-state index in [1.165, 1.54) is 12.8 Å². The van der Waals surface area contributed by atoms with Gasteiger partial charge in [-0.2, -0.15) is 0 Å². The molecule has 2 fully saturated rings. The molecule has 1 N–H and O–H groups in total. The van der Waals surface area contributed by atoms with Gasteiger partial charge in [0.1, 0.15) is 5.75 Å². The summed E-state index contributed by atoms with van der Waals surface area (Å²) >= 11 is 3.50. The summed E-state index contributed by atoms with van der Waals surface area (Å²) in [4.78, 5) is 14.6. The van der Waals surface area contributed by atoms with Crippen molar-refractivity contribution in [1.82, 2.24) is 10.2 Å². The minimum Gasteiger partial charge on any atom is -0.480 e. The number of aryl methyl sites for hydroxylation is 1. The number of benzene rings is 1. The van der Waals surface area contributed by atoms with E-state index in [4.69, 9.17) is 4.74 Å². The number of piperidine rings is 1. The van der Waals surface area contributed by atoms with Crippen LogP contribution in [0.4, 0.5) is 0 Å². The summed E-state index contributed by atoms with van der Waals surface area (Å²) in [5.74, 6) is 0.777. The van der Waals surface area contributed by atoms with E-state index in [9.17, 15) is 4.79 Å². The summed E-state index contributed by atoms with van der Waals surface area (Å²) in [7, 11) is 1.92. The third-order valence-electron chi connectivity index (χ3n) is 5.08. The van der Waals surface area contributed by atoms with Crippen LogP contribution in [0.15, 0.2) is 22.7 Å². The fraction of sp³-hybridized carbons (Fsp3) is 0.611. The number of carbonyl (C=O) groups is 1. The lowest BCUT2D eigenvalue weighted by Gasteiger charge is -2.36. The molecule has 5 heteroatoms. The van der Waals surface area contributed by atoms with Crippen molar-refractivity contribution in [3.05, 3.63) is 28.2 Å². The monoisotopic (exact) mass is 380 g/mol. The fourth-order valence-corrected chi connectivity index (χ4v) is 4.34. The Labute approximate surface area is 146 Å². The van der Waals surface area contributed by atoms with E-state index in [1.54, 1.807) is 0 Å². The van der Waals surface area contributed by atoms with Gasteiger partial charge < -0.3 is 15.0 Å². The summed E-state index contributed by atoms with van der Waals surface area (Å²) < 4.78 is 6.78. The molecule has 4 nitrogen and oxygen atoms in total. The first-order valence-electron chi connectivity index (χ1n) is 8.39. The first-order chi connectivity index (χ1) is 10.9. The van der Waals surface area contributed by atoms with Crippen molar-refractivity contribution >= 4 is 21.8 Å². The highest BCUT2D eigenvalue weighted by Crippen LogP contribution is 2.30. The molecule has 0 aromatic heterocycles. The predicted molar refractivity (Wildman–Crippen MR) is 94.7 cm³/mol. The van der Waals surface area contributed by atoms with E-state index in [1.807, 2.05) is 44.0 Å². The molecule has 3 rings (SSSR count). The maximum atomic E-state index is 12.7. The molecule has 2 saturated heterocycles. The van der Waals surface area contributed by atoms with Crippen molar-refractivity contribution < 1.29 is 9.53 Å². The zero-order chi connectivity index (χ0) is 16.6. The Hall–Kier alpha value is -1.07. The number of halogens is 1. The minimum atomic E-state index is -0.480. The molecule has 2 bridgehead atoms. The molecule has 0 radical (unpaired) electrons. The normalized spacial score (nSPS) is 27.6. The summed E-state index contributed by atoms with van der Waals surface area (Å²) in [6, 6.07) is 7.39. The van der Waals surface area contributed by atoms with Gasteiger partial charge in [-0.3, -0.25) is 4.79 Å². The van der Waals surface area contributed by atoms with Crippen molar-refractivity contribution in [2.75, 3.05) is 7.05 Å².